The number of nitrogens with zero attached hydrogens (tertiary/aromatic N) is 1. The number of fused-ring (bicyclic) bond motifs is 1. The molecule has 0 bridgehead atoms. The van der Waals surface area contributed by atoms with Gasteiger partial charge in [0, 0.05) is 36.8 Å². The fraction of sp³-hybridized carbons (Fsp3) is 0.632. The third kappa shape index (κ3) is 4.01. The molecule has 0 aromatic carbocycles. The molecule has 1 aromatic rings. The number of rotatable bonds is 2. The predicted octanol–water partition coefficient (Wildman–Crippen LogP) is 2.15. The second kappa shape index (κ2) is 7.53. The molecule has 6 nitrogen and oxygen atoms in total. The van der Waals surface area contributed by atoms with E-state index in [0.29, 0.717) is 37.2 Å². The number of piperidine rings is 1. The SMILES string of the molecule is CC(N)C1CCCN(C(=O)c2cc3c([nH]c2=O)CC(C)(C)CC3=O)C1.Cl. The van der Waals surface area contributed by atoms with E-state index in [1.54, 1.807) is 4.90 Å². The number of nitrogens with two attached hydrogens (primary N) is 1. The zero-order valence-electron chi connectivity index (χ0n) is 15.6. The summed E-state index contributed by atoms with van der Waals surface area (Å²) in [7, 11) is 0. The highest BCUT2D eigenvalue weighted by Gasteiger charge is 2.34. The van der Waals surface area contributed by atoms with Gasteiger partial charge in [0.25, 0.3) is 11.5 Å². The first-order chi connectivity index (χ1) is 11.7. The number of hydrogen-bond acceptors (Lipinski definition) is 4. The molecule has 1 amide bonds. The Balaban J connectivity index is 0.00000243. The molecular formula is C19H28ClN3O3. The third-order valence-corrected chi connectivity index (χ3v) is 5.44. The summed E-state index contributed by atoms with van der Waals surface area (Å²) in [6.07, 6.45) is 2.94. The number of likely N-dealkylation sites (tertiary alicyclic amines) is 1. The van der Waals surface area contributed by atoms with Gasteiger partial charge in [0.2, 0.25) is 0 Å². The largest absolute Gasteiger partial charge is 0.338 e. The first-order valence-electron chi connectivity index (χ1n) is 9.02. The number of nitrogens with one attached hydrogen (secondary N) is 1. The molecule has 2 atom stereocenters. The Morgan fingerprint density at radius 3 is 2.69 bits per heavy atom. The molecule has 0 spiro atoms. The summed E-state index contributed by atoms with van der Waals surface area (Å²) in [5.74, 6) is -0.0625. The monoisotopic (exact) mass is 381 g/mol. The summed E-state index contributed by atoms with van der Waals surface area (Å²) >= 11 is 0. The van der Waals surface area contributed by atoms with Crippen LogP contribution in [-0.2, 0) is 6.42 Å². The first kappa shape index (κ1) is 20.6. The molecule has 1 saturated heterocycles. The summed E-state index contributed by atoms with van der Waals surface area (Å²) in [5.41, 5.74) is 6.61. The van der Waals surface area contributed by atoms with Crippen LogP contribution in [0, 0.1) is 11.3 Å². The van der Waals surface area contributed by atoms with Gasteiger partial charge in [0.15, 0.2) is 5.78 Å². The van der Waals surface area contributed by atoms with Crippen molar-refractivity contribution in [1.29, 1.82) is 0 Å². The molecule has 1 aliphatic carbocycles. The number of amides is 1. The quantitative estimate of drug-likeness (QED) is 0.820. The molecule has 1 aliphatic heterocycles. The van der Waals surface area contributed by atoms with Crippen LogP contribution in [0.5, 0.6) is 0 Å². The van der Waals surface area contributed by atoms with Crippen molar-refractivity contribution in [1.82, 2.24) is 9.88 Å². The molecule has 2 unspecified atom stereocenters. The number of aromatic nitrogens is 1. The lowest BCUT2D eigenvalue weighted by molar-refractivity contribution is 0.0659. The fourth-order valence-corrected chi connectivity index (χ4v) is 3.98. The van der Waals surface area contributed by atoms with Crippen molar-refractivity contribution >= 4 is 24.1 Å². The van der Waals surface area contributed by atoms with E-state index in [1.807, 2.05) is 20.8 Å². The topological polar surface area (TPSA) is 96.3 Å². The summed E-state index contributed by atoms with van der Waals surface area (Å²) < 4.78 is 0. The standard InChI is InChI=1S/C19H27N3O3.ClH/c1-11(20)12-5-4-6-22(10-12)18(25)14-7-13-15(21-17(14)24)8-19(2,3)9-16(13)23;/h7,11-12H,4-6,8-10,20H2,1-3H3,(H,21,24);1H. The second-order valence-electron chi connectivity index (χ2n) is 8.36. The predicted molar refractivity (Wildman–Crippen MR) is 103 cm³/mol. The molecule has 7 heteroatoms. The van der Waals surface area contributed by atoms with Gasteiger partial charge in [-0.05, 0) is 43.6 Å². The maximum absolute atomic E-state index is 12.9. The van der Waals surface area contributed by atoms with E-state index in [1.165, 1.54) is 6.07 Å². The lowest BCUT2D eigenvalue weighted by Gasteiger charge is -2.35. The first-order valence-corrected chi connectivity index (χ1v) is 9.02. The minimum Gasteiger partial charge on any atom is -0.338 e. The Hall–Kier alpha value is -1.66. The number of hydrogen-bond donors (Lipinski definition) is 2. The van der Waals surface area contributed by atoms with Crippen molar-refractivity contribution < 1.29 is 9.59 Å². The van der Waals surface area contributed by atoms with Crippen LogP contribution in [0.4, 0.5) is 0 Å². The van der Waals surface area contributed by atoms with Crippen molar-refractivity contribution in [2.45, 2.75) is 52.5 Å². The number of halogens is 1. The molecule has 0 radical (unpaired) electrons. The Bertz CT molecular complexity index is 770. The van der Waals surface area contributed by atoms with E-state index < -0.39 is 5.56 Å². The van der Waals surface area contributed by atoms with Gasteiger partial charge in [-0.25, -0.2) is 0 Å². The minimum atomic E-state index is -0.405. The molecule has 3 N–H and O–H groups in total. The summed E-state index contributed by atoms with van der Waals surface area (Å²) in [4.78, 5) is 42.3. The van der Waals surface area contributed by atoms with Gasteiger partial charge in [0.05, 0.1) is 0 Å². The summed E-state index contributed by atoms with van der Waals surface area (Å²) in [6, 6.07) is 1.52. The molecule has 26 heavy (non-hydrogen) atoms. The van der Waals surface area contributed by atoms with Crippen LogP contribution in [0.2, 0.25) is 0 Å². The zero-order chi connectivity index (χ0) is 18.4. The van der Waals surface area contributed by atoms with E-state index in [0.717, 1.165) is 12.8 Å². The molecule has 144 valence electrons. The number of aromatic amines is 1. The van der Waals surface area contributed by atoms with Crippen LogP contribution >= 0.6 is 12.4 Å². The third-order valence-electron chi connectivity index (χ3n) is 5.44. The van der Waals surface area contributed by atoms with E-state index in [9.17, 15) is 14.4 Å². The molecule has 1 aromatic heterocycles. The summed E-state index contributed by atoms with van der Waals surface area (Å²) in [5, 5.41) is 0. The van der Waals surface area contributed by atoms with Crippen LogP contribution < -0.4 is 11.3 Å². The second-order valence-corrected chi connectivity index (χ2v) is 8.36. The van der Waals surface area contributed by atoms with Crippen molar-refractivity contribution in [2.75, 3.05) is 13.1 Å². The van der Waals surface area contributed by atoms with Crippen molar-refractivity contribution in [3.8, 4) is 0 Å². The van der Waals surface area contributed by atoms with E-state index in [2.05, 4.69) is 4.98 Å². The van der Waals surface area contributed by atoms with Gasteiger partial charge in [-0.3, -0.25) is 14.4 Å². The number of H-pyrrole nitrogens is 1. The minimum absolute atomic E-state index is 0. The average Bonchev–Trinajstić information content (AvgIpc) is 2.52. The van der Waals surface area contributed by atoms with Gasteiger partial charge in [-0.2, -0.15) is 0 Å². The Morgan fingerprint density at radius 1 is 1.35 bits per heavy atom. The lowest BCUT2D eigenvalue weighted by atomic mass is 9.75. The Morgan fingerprint density at radius 2 is 2.04 bits per heavy atom. The van der Waals surface area contributed by atoms with Crippen LogP contribution in [0.1, 0.15) is 66.4 Å². The van der Waals surface area contributed by atoms with E-state index in [4.69, 9.17) is 5.73 Å². The lowest BCUT2D eigenvalue weighted by Crippen LogP contribution is -2.46. The van der Waals surface area contributed by atoms with Crippen LogP contribution in [0.25, 0.3) is 0 Å². The number of Topliss-reactive ketones (excluding diaryl/α,β-unsaturated/α-hetero) is 1. The van der Waals surface area contributed by atoms with Crippen LogP contribution in [0.15, 0.2) is 10.9 Å². The highest BCUT2D eigenvalue weighted by molar-refractivity contribution is 6.02. The van der Waals surface area contributed by atoms with Crippen LogP contribution in [0.3, 0.4) is 0 Å². The Labute approximate surface area is 159 Å². The van der Waals surface area contributed by atoms with Gasteiger partial charge in [-0.15, -0.1) is 12.4 Å². The number of carbonyl (C=O) groups excluding carboxylic acids is 2. The maximum Gasteiger partial charge on any atom is 0.261 e. The number of ketones is 1. The van der Waals surface area contributed by atoms with Crippen molar-refractivity contribution in [2.24, 2.45) is 17.1 Å². The fourth-order valence-electron chi connectivity index (χ4n) is 3.98. The van der Waals surface area contributed by atoms with Gasteiger partial charge < -0.3 is 15.6 Å². The molecule has 2 heterocycles. The zero-order valence-corrected chi connectivity index (χ0v) is 16.4. The molecule has 1 fully saturated rings. The normalized spacial score (nSPS) is 23.0. The molecule has 3 rings (SSSR count). The highest BCUT2D eigenvalue weighted by atomic mass is 35.5. The van der Waals surface area contributed by atoms with Gasteiger partial charge in [0.1, 0.15) is 5.56 Å². The Kier molecular flexibility index (Phi) is 5.98. The maximum atomic E-state index is 12.9. The summed E-state index contributed by atoms with van der Waals surface area (Å²) in [6.45, 7) is 7.15. The van der Waals surface area contributed by atoms with Crippen molar-refractivity contribution in [3.63, 3.8) is 0 Å². The number of carbonyl (C=O) groups is 2. The van der Waals surface area contributed by atoms with Crippen molar-refractivity contribution in [3.05, 3.63) is 33.2 Å². The smallest absolute Gasteiger partial charge is 0.261 e. The molecule has 0 saturated carbocycles. The van der Waals surface area contributed by atoms with Gasteiger partial charge >= 0.3 is 0 Å². The average molecular weight is 382 g/mol. The van der Waals surface area contributed by atoms with Gasteiger partial charge in [-0.1, -0.05) is 13.8 Å². The number of pyridine rings is 1. The van der Waals surface area contributed by atoms with E-state index >= 15 is 0 Å². The highest BCUT2D eigenvalue weighted by Crippen LogP contribution is 2.33. The van der Waals surface area contributed by atoms with E-state index in [-0.39, 0.29) is 47.0 Å². The molecule has 2 aliphatic rings. The van der Waals surface area contributed by atoms with Crippen LogP contribution in [-0.4, -0.2) is 40.7 Å². The molecular weight excluding hydrogens is 354 g/mol.